The lowest BCUT2D eigenvalue weighted by molar-refractivity contribution is -0.133. The SMILES string of the molecule is NC(=O)CSCCC(=O)N1CCC2(CC1)CNC(=O)C2. The quantitative estimate of drug-likeness (QED) is 0.683. The number of hydrogen-bond acceptors (Lipinski definition) is 4. The summed E-state index contributed by atoms with van der Waals surface area (Å²) in [4.78, 5) is 35.8. The van der Waals surface area contributed by atoms with Crippen molar-refractivity contribution in [3.05, 3.63) is 0 Å². The van der Waals surface area contributed by atoms with Gasteiger partial charge in [-0.15, -0.1) is 0 Å². The van der Waals surface area contributed by atoms with Crippen molar-refractivity contribution in [1.82, 2.24) is 10.2 Å². The van der Waals surface area contributed by atoms with E-state index in [2.05, 4.69) is 5.32 Å². The van der Waals surface area contributed by atoms with Crippen LogP contribution in [0.1, 0.15) is 25.7 Å². The van der Waals surface area contributed by atoms with Gasteiger partial charge >= 0.3 is 0 Å². The fraction of sp³-hybridized carbons (Fsp3) is 0.769. The van der Waals surface area contributed by atoms with E-state index in [-0.39, 0.29) is 28.9 Å². The van der Waals surface area contributed by atoms with Crippen molar-refractivity contribution in [3.63, 3.8) is 0 Å². The van der Waals surface area contributed by atoms with Gasteiger partial charge < -0.3 is 16.0 Å². The Morgan fingerprint density at radius 1 is 1.35 bits per heavy atom. The van der Waals surface area contributed by atoms with Crippen molar-refractivity contribution in [3.8, 4) is 0 Å². The Kier molecular flexibility index (Phi) is 4.91. The highest BCUT2D eigenvalue weighted by Crippen LogP contribution is 2.37. The molecular weight excluding hydrogens is 278 g/mol. The van der Waals surface area contributed by atoms with Crippen LogP contribution >= 0.6 is 11.8 Å². The molecule has 0 saturated carbocycles. The van der Waals surface area contributed by atoms with Crippen LogP contribution in [0.3, 0.4) is 0 Å². The van der Waals surface area contributed by atoms with Crippen molar-refractivity contribution in [1.29, 1.82) is 0 Å². The van der Waals surface area contributed by atoms with Gasteiger partial charge in [0.25, 0.3) is 0 Å². The van der Waals surface area contributed by atoms with Gasteiger partial charge in [-0.05, 0) is 18.3 Å². The van der Waals surface area contributed by atoms with Crippen LogP contribution in [-0.4, -0.2) is 53.8 Å². The number of primary amides is 1. The van der Waals surface area contributed by atoms with Gasteiger partial charge in [0.15, 0.2) is 0 Å². The van der Waals surface area contributed by atoms with Crippen LogP contribution in [0, 0.1) is 5.41 Å². The van der Waals surface area contributed by atoms with E-state index in [0.29, 0.717) is 18.6 Å². The van der Waals surface area contributed by atoms with Gasteiger partial charge in [0, 0.05) is 38.2 Å². The number of piperidine rings is 1. The summed E-state index contributed by atoms with van der Waals surface area (Å²) in [5.74, 6) is 0.815. The summed E-state index contributed by atoms with van der Waals surface area (Å²) >= 11 is 1.40. The topological polar surface area (TPSA) is 92.5 Å². The van der Waals surface area contributed by atoms with Gasteiger partial charge in [0.2, 0.25) is 17.7 Å². The monoisotopic (exact) mass is 299 g/mol. The number of carbonyl (C=O) groups excluding carboxylic acids is 3. The predicted molar refractivity (Wildman–Crippen MR) is 77.0 cm³/mol. The first-order valence-electron chi connectivity index (χ1n) is 6.91. The van der Waals surface area contributed by atoms with Crippen LogP contribution in [0.2, 0.25) is 0 Å². The number of amides is 3. The predicted octanol–water partition coefficient (Wildman–Crippen LogP) is -0.276. The molecule has 6 nitrogen and oxygen atoms in total. The van der Waals surface area contributed by atoms with E-state index in [1.165, 1.54) is 11.8 Å². The fourth-order valence-corrected chi connectivity index (χ4v) is 3.49. The average Bonchev–Trinajstić information content (AvgIpc) is 2.76. The first-order valence-corrected chi connectivity index (χ1v) is 8.07. The number of nitrogens with one attached hydrogen (secondary N) is 1. The Hall–Kier alpha value is -1.24. The molecule has 0 radical (unpaired) electrons. The second-order valence-electron chi connectivity index (χ2n) is 5.60. The average molecular weight is 299 g/mol. The zero-order valence-corrected chi connectivity index (χ0v) is 12.3. The van der Waals surface area contributed by atoms with Gasteiger partial charge in [0.1, 0.15) is 0 Å². The molecule has 2 fully saturated rings. The molecule has 0 bridgehead atoms. The number of carbonyl (C=O) groups is 3. The fourth-order valence-electron chi connectivity index (χ4n) is 2.83. The molecule has 0 aromatic heterocycles. The molecule has 3 N–H and O–H groups in total. The lowest BCUT2D eigenvalue weighted by atomic mass is 9.77. The molecule has 1 spiro atoms. The summed E-state index contributed by atoms with van der Waals surface area (Å²) in [6.45, 7) is 2.21. The third-order valence-corrected chi connectivity index (χ3v) is 5.06. The van der Waals surface area contributed by atoms with Gasteiger partial charge in [-0.1, -0.05) is 0 Å². The maximum absolute atomic E-state index is 12.0. The molecule has 0 aromatic rings. The number of thioether (sulfide) groups is 1. The zero-order valence-electron chi connectivity index (χ0n) is 11.5. The lowest BCUT2D eigenvalue weighted by Gasteiger charge is -2.38. The third-order valence-electron chi connectivity index (χ3n) is 4.08. The number of hydrogen-bond donors (Lipinski definition) is 2. The van der Waals surface area contributed by atoms with Crippen LogP contribution in [0.15, 0.2) is 0 Å². The van der Waals surface area contributed by atoms with Crippen LogP contribution < -0.4 is 11.1 Å². The van der Waals surface area contributed by atoms with Crippen molar-refractivity contribution < 1.29 is 14.4 Å². The minimum Gasteiger partial charge on any atom is -0.369 e. The van der Waals surface area contributed by atoms with E-state index in [0.717, 1.165) is 32.5 Å². The molecule has 112 valence electrons. The Morgan fingerprint density at radius 3 is 2.60 bits per heavy atom. The Balaban J connectivity index is 1.69. The molecule has 2 saturated heterocycles. The van der Waals surface area contributed by atoms with Gasteiger partial charge in [-0.2, -0.15) is 11.8 Å². The summed E-state index contributed by atoms with van der Waals surface area (Å²) < 4.78 is 0. The number of nitrogens with zero attached hydrogens (tertiary/aromatic N) is 1. The van der Waals surface area contributed by atoms with Crippen molar-refractivity contribution in [2.45, 2.75) is 25.7 Å². The largest absolute Gasteiger partial charge is 0.369 e. The highest BCUT2D eigenvalue weighted by Gasteiger charge is 2.41. The molecule has 0 aromatic carbocycles. The van der Waals surface area contributed by atoms with Gasteiger partial charge in [-0.25, -0.2) is 0 Å². The van der Waals surface area contributed by atoms with E-state index in [1.807, 2.05) is 4.90 Å². The lowest BCUT2D eigenvalue weighted by Crippen LogP contribution is -2.44. The van der Waals surface area contributed by atoms with E-state index in [1.54, 1.807) is 0 Å². The van der Waals surface area contributed by atoms with Gasteiger partial charge in [-0.3, -0.25) is 14.4 Å². The van der Waals surface area contributed by atoms with Crippen LogP contribution in [0.5, 0.6) is 0 Å². The highest BCUT2D eigenvalue weighted by molar-refractivity contribution is 7.99. The second kappa shape index (κ2) is 6.47. The maximum atomic E-state index is 12.0. The Bertz CT molecular complexity index is 406. The maximum Gasteiger partial charge on any atom is 0.227 e. The van der Waals surface area contributed by atoms with Crippen molar-refractivity contribution in [2.24, 2.45) is 11.1 Å². The molecule has 7 heteroatoms. The Labute approximate surface area is 122 Å². The molecule has 3 amide bonds. The van der Waals surface area contributed by atoms with Gasteiger partial charge in [0.05, 0.1) is 5.75 Å². The number of rotatable bonds is 5. The van der Waals surface area contributed by atoms with E-state index in [9.17, 15) is 14.4 Å². The molecule has 2 aliphatic heterocycles. The minimum atomic E-state index is -0.347. The summed E-state index contributed by atoms with van der Waals surface area (Å²) in [6, 6.07) is 0. The standard InChI is InChI=1S/C13H21N3O3S/c14-10(17)8-20-6-1-12(19)16-4-2-13(3-5-16)7-11(18)15-9-13/h1-9H2,(H2,14,17)(H,15,18). The summed E-state index contributed by atoms with van der Waals surface area (Å²) in [5, 5.41) is 2.89. The summed E-state index contributed by atoms with van der Waals surface area (Å²) in [6.07, 6.45) is 2.84. The molecule has 0 atom stereocenters. The smallest absolute Gasteiger partial charge is 0.227 e. The number of likely N-dealkylation sites (tertiary alicyclic amines) is 1. The zero-order chi connectivity index (χ0) is 14.6. The minimum absolute atomic E-state index is 0.0780. The Morgan fingerprint density at radius 2 is 2.05 bits per heavy atom. The molecule has 20 heavy (non-hydrogen) atoms. The van der Waals surface area contributed by atoms with Crippen LogP contribution in [0.25, 0.3) is 0 Å². The molecule has 0 aliphatic carbocycles. The van der Waals surface area contributed by atoms with E-state index in [4.69, 9.17) is 5.73 Å². The van der Waals surface area contributed by atoms with Crippen molar-refractivity contribution >= 4 is 29.5 Å². The van der Waals surface area contributed by atoms with E-state index >= 15 is 0 Å². The second-order valence-corrected chi connectivity index (χ2v) is 6.71. The molecule has 0 unspecified atom stereocenters. The summed E-state index contributed by atoms with van der Waals surface area (Å²) in [5.41, 5.74) is 5.12. The number of nitrogens with two attached hydrogens (primary N) is 1. The van der Waals surface area contributed by atoms with Crippen LogP contribution in [0.4, 0.5) is 0 Å². The van der Waals surface area contributed by atoms with Crippen molar-refractivity contribution in [2.75, 3.05) is 31.1 Å². The molecule has 2 aliphatic rings. The first-order chi connectivity index (χ1) is 9.51. The first kappa shape index (κ1) is 15.2. The normalized spacial score (nSPS) is 21.0. The molecular formula is C13H21N3O3S. The molecule has 2 heterocycles. The third kappa shape index (κ3) is 3.88. The summed E-state index contributed by atoms with van der Waals surface area (Å²) in [7, 11) is 0. The van der Waals surface area contributed by atoms with Crippen LogP contribution in [-0.2, 0) is 14.4 Å². The highest BCUT2D eigenvalue weighted by atomic mass is 32.2. The molecule has 2 rings (SSSR count). The van der Waals surface area contributed by atoms with E-state index < -0.39 is 0 Å².